The van der Waals surface area contributed by atoms with E-state index in [1.54, 1.807) is 12.4 Å². The molecule has 22 heavy (non-hydrogen) atoms. The van der Waals surface area contributed by atoms with E-state index in [9.17, 15) is 4.79 Å². The summed E-state index contributed by atoms with van der Waals surface area (Å²) in [6.45, 7) is 2.30. The van der Waals surface area contributed by atoms with Crippen molar-refractivity contribution in [3.05, 3.63) is 35.3 Å². The molecule has 114 valence electrons. The van der Waals surface area contributed by atoms with E-state index in [1.165, 1.54) is 4.68 Å². The number of nitrogens with two attached hydrogens (primary N) is 1. The summed E-state index contributed by atoms with van der Waals surface area (Å²) < 4.78 is 1.40. The minimum Gasteiger partial charge on any atom is -0.384 e. The SMILES string of the molecule is Nc1c2c(nn1C(=O)C1CCNc3cnccc31)CCNC2. The molecule has 0 spiro atoms. The number of rotatable bonds is 1. The minimum atomic E-state index is -0.226. The first-order valence-electron chi connectivity index (χ1n) is 7.54. The van der Waals surface area contributed by atoms with Crippen molar-refractivity contribution in [3.8, 4) is 0 Å². The highest BCUT2D eigenvalue weighted by molar-refractivity contribution is 5.90. The Kier molecular flexibility index (Phi) is 3.07. The van der Waals surface area contributed by atoms with Gasteiger partial charge in [-0.25, -0.2) is 0 Å². The summed E-state index contributed by atoms with van der Waals surface area (Å²) in [6, 6.07) is 1.89. The molecule has 0 aliphatic carbocycles. The second-order valence-corrected chi connectivity index (χ2v) is 5.72. The molecule has 1 atom stereocenters. The molecular formula is C15H18N6O. The van der Waals surface area contributed by atoms with Crippen LogP contribution in [-0.4, -0.2) is 33.8 Å². The van der Waals surface area contributed by atoms with Crippen molar-refractivity contribution in [2.24, 2.45) is 0 Å². The van der Waals surface area contributed by atoms with Crippen LogP contribution in [0.2, 0.25) is 0 Å². The molecule has 2 aliphatic heterocycles. The van der Waals surface area contributed by atoms with Crippen LogP contribution in [0.15, 0.2) is 18.5 Å². The van der Waals surface area contributed by atoms with Crippen molar-refractivity contribution in [1.29, 1.82) is 0 Å². The van der Waals surface area contributed by atoms with Crippen LogP contribution >= 0.6 is 0 Å². The summed E-state index contributed by atoms with van der Waals surface area (Å²) in [7, 11) is 0. The Bertz CT molecular complexity index is 738. The maximum Gasteiger partial charge on any atom is 0.256 e. The Hall–Kier alpha value is -2.41. The van der Waals surface area contributed by atoms with Gasteiger partial charge in [-0.2, -0.15) is 9.78 Å². The van der Waals surface area contributed by atoms with E-state index < -0.39 is 0 Å². The summed E-state index contributed by atoms with van der Waals surface area (Å²) >= 11 is 0. The maximum atomic E-state index is 13.0. The van der Waals surface area contributed by atoms with Crippen LogP contribution in [0, 0.1) is 0 Å². The molecule has 0 fully saturated rings. The number of carbonyl (C=O) groups excluding carboxylic acids is 1. The molecule has 7 nitrogen and oxygen atoms in total. The number of nitrogens with zero attached hydrogens (tertiary/aromatic N) is 3. The molecule has 2 aromatic heterocycles. The van der Waals surface area contributed by atoms with Crippen molar-refractivity contribution in [2.45, 2.75) is 25.3 Å². The first-order chi connectivity index (χ1) is 10.8. The lowest BCUT2D eigenvalue weighted by Crippen LogP contribution is -2.28. The van der Waals surface area contributed by atoms with Gasteiger partial charge in [0.05, 0.1) is 23.5 Å². The Morgan fingerprint density at radius 1 is 1.41 bits per heavy atom. The second kappa shape index (κ2) is 5.10. The highest BCUT2D eigenvalue weighted by Gasteiger charge is 2.31. The van der Waals surface area contributed by atoms with Gasteiger partial charge in [0.25, 0.3) is 5.91 Å². The lowest BCUT2D eigenvalue weighted by atomic mass is 9.91. The van der Waals surface area contributed by atoms with Crippen LogP contribution < -0.4 is 16.4 Å². The zero-order valence-electron chi connectivity index (χ0n) is 12.2. The minimum absolute atomic E-state index is 0.0548. The van der Waals surface area contributed by atoms with E-state index >= 15 is 0 Å². The Morgan fingerprint density at radius 3 is 3.18 bits per heavy atom. The van der Waals surface area contributed by atoms with Gasteiger partial charge in [0.1, 0.15) is 5.82 Å². The monoisotopic (exact) mass is 298 g/mol. The molecule has 4 rings (SSSR count). The van der Waals surface area contributed by atoms with Gasteiger partial charge in [0.2, 0.25) is 0 Å². The number of anilines is 2. The van der Waals surface area contributed by atoms with Crippen LogP contribution in [0.1, 0.15) is 34.0 Å². The highest BCUT2D eigenvalue weighted by Crippen LogP contribution is 2.33. The molecule has 0 saturated carbocycles. The van der Waals surface area contributed by atoms with Crippen molar-refractivity contribution >= 4 is 17.4 Å². The van der Waals surface area contributed by atoms with Gasteiger partial charge in [0.15, 0.2) is 0 Å². The van der Waals surface area contributed by atoms with E-state index in [1.807, 2.05) is 6.07 Å². The number of carbonyl (C=O) groups is 1. The zero-order chi connectivity index (χ0) is 15.1. The third-order valence-corrected chi connectivity index (χ3v) is 4.43. The number of aromatic nitrogens is 3. The van der Waals surface area contributed by atoms with Gasteiger partial charge in [-0.15, -0.1) is 0 Å². The standard InChI is InChI=1S/C15H18N6O/c16-14-11-7-17-5-3-12(11)20-21(14)15(22)10-2-6-19-13-8-18-4-1-9(10)13/h1,4,8,10,17,19H,2-3,5-7,16H2. The van der Waals surface area contributed by atoms with Gasteiger partial charge in [0, 0.05) is 37.8 Å². The molecule has 0 amide bonds. The highest BCUT2D eigenvalue weighted by atomic mass is 16.2. The van der Waals surface area contributed by atoms with Crippen molar-refractivity contribution in [3.63, 3.8) is 0 Å². The van der Waals surface area contributed by atoms with E-state index in [2.05, 4.69) is 20.7 Å². The molecule has 0 radical (unpaired) electrons. The second-order valence-electron chi connectivity index (χ2n) is 5.72. The summed E-state index contributed by atoms with van der Waals surface area (Å²) in [5.41, 5.74) is 9.95. The number of nitrogen functional groups attached to an aromatic ring is 1. The number of pyridine rings is 1. The van der Waals surface area contributed by atoms with Crippen LogP contribution in [0.4, 0.5) is 11.5 Å². The van der Waals surface area contributed by atoms with E-state index in [4.69, 9.17) is 5.73 Å². The van der Waals surface area contributed by atoms with Crippen molar-refractivity contribution < 1.29 is 4.79 Å². The Balaban J connectivity index is 1.73. The Labute approximate surface area is 127 Å². The number of hydrogen-bond acceptors (Lipinski definition) is 6. The summed E-state index contributed by atoms with van der Waals surface area (Å²) in [5.74, 6) is 0.193. The lowest BCUT2D eigenvalue weighted by molar-refractivity contribution is 0.0859. The van der Waals surface area contributed by atoms with Crippen LogP contribution in [0.3, 0.4) is 0 Å². The fraction of sp³-hybridized carbons (Fsp3) is 0.400. The lowest BCUT2D eigenvalue weighted by Gasteiger charge is -2.25. The van der Waals surface area contributed by atoms with Gasteiger partial charge in [-0.1, -0.05) is 0 Å². The van der Waals surface area contributed by atoms with Crippen molar-refractivity contribution in [1.82, 2.24) is 20.1 Å². The first-order valence-corrected chi connectivity index (χ1v) is 7.54. The van der Waals surface area contributed by atoms with Crippen molar-refractivity contribution in [2.75, 3.05) is 24.1 Å². The molecule has 2 aliphatic rings. The molecule has 7 heteroatoms. The molecule has 0 bridgehead atoms. The molecule has 4 heterocycles. The fourth-order valence-electron chi connectivity index (χ4n) is 3.26. The molecule has 4 N–H and O–H groups in total. The third-order valence-electron chi connectivity index (χ3n) is 4.43. The van der Waals surface area contributed by atoms with E-state index in [0.29, 0.717) is 12.4 Å². The first kappa shape index (κ1) is 13.3. The van der Waals surface area contributed by atoms with E-state index in [-0.39, 0.29) is 11.8 Å². The molecule has 0 aromatic carbocycles. The van der Waals surface area contributed by atoms with Gasteiger partial charge >= 0.3 is 0 Å². The molecular weight excluding hydrogens is 280 g/mol. The van der Waals surface area contributed by atoms with Gasteiger partial charge in [-0.05, 0) is 18.1 Å². The molecule has 0 saturated heterocycles. The smallest absolute Gasteiger partial charge is 0.256 e. The summed E-state index contributed by atoms with van der Waals surface area (Å²) in [6.07, 6.45) is 5.02. The topological polar surface area (TPSA) is 97.9 Å². The van der Waals surface area contributed by atoms with Crippen LogP contribution in [0.25, 0.3) is 0 Å². The van der Waals surface area contributed by atoms with Gasteiger partial charge < -0.3 is 16.4 Å². The maximum absolute atomic E-state index is 13.0. The summed E-state index contributed by atoms with van der Waals surface area (Å²) in [5, 5.41) is 11.0. The Morgan fingerprint density at radius 2 is 2.32 bits per heavy atom. The molecule has 1 unspecified atom stereocenters. The largest absolute Gasteiger partial charge is 0.384 e. The van der Waals surface area contributed by atoms with Crippen LogP contribution in [-0.2, 0) is 13.0 Å². The number of nitrogens with one attached hydrogen (secondary N) is 2. The van der Waals surface area contributed by atoms with E-state index in [0.717, 1.165) is 48.4 Å². The summed E-state index contributed by atoms with van der Waals surface area (Å²) in [4.78, 5) is 17.1. The third kappa shape index (κ3) is 1.97. The number of fused-ring (bicyclic) bond motifs is 2. The normalized spacial score (nSPS) is 19.9. The average Bonchev–Trinajstić information content (AvgIpc) is 2.91. The predicted molar refractivity (Wildman–Crippen MR) is 82.8 cm³/mol. The number of hydrogen-bond donors (Lipinski definition) is 3. The molecule has 2 aromatic rings. The quantitative estimate of drug-likeness (QED) is 0.718. The average molecular weight is 298 g/mol. The fourth-order valence-corrected chi connectivity index (χ4v) is 3.26. The predicted octanol–water partition coefficient (Wildman–Crippen LogP) is 0.746. The van der Waals surface area contributed by atoms with Gasteiger partial charge in [-0.3, -0.25) is 9.78 Å². The zero-order valence-corrected chi connectivity index (χ0v) is 12.2. The van der Waals surface area contributed by atoms with Crippen LogP contribution in [0.5, 0.6) is 0 Å².